The molecule has 90 valence electrons. The van der Waals surface area contributed by atoms with Gasteiger partial charge in [0.05, 0.1) is 6.21 Å². The van der Waals surface area contributed by atoms with E-state index in [1.807, 2.05) is 0 Å². The Morgan fingerprint density at radius 2 is 2.25 bits per heavy atom. The molecule has 10 heteroatoms. The molecule has 1 fully saturated rings. The molecule has 2 amide bonds. The molecule has 0 aromatic rings. The average molecular weight is 251 g/mol. The third-order valence-corrected chi connectivity index (χ3v) is 2.83. The van der Waals surface area contributed by atoms with Gasteiger partial charge in [0.1, 0.15) is 19.2 Å². The van der Waals surface area contributed by atoms with Gasteiger partial charge in [-0.05, 0) is 0 Å². The smallest absolute Gasteiger partial charge is 0.362 e. The van der Waals surface area contributed by atoms with E-state index in [0.29, 0.717) is 0 Å². The van der Waals surface area contributed by atoms with E-state index in [-0.39, 0.29) is 10.7 Å². The van der Waals surface area contributed by atoms with E-state index >= 15 is 0 Å². The fraction of sp³-hybridized carbons (Fsp3) is 0.500. The zero-order valence-corrected chi connectivity index (χ0v) is 8.92. The van der Waals surface area contributed by atoms with Crippen molar-refractivity contribution < 1.29 is 27.4 Å². The van der Waals surface area contributed by atoms with Gasteiger partial charge in [-0.25, -0.2) is 4.31 Å². The van der Waals surface area contributed by atoms with Crippen LogP contribution in [0.5, 0.6) is 0 Å². The third kappa shape index (κ3) is 2.12. The second-order valence-electron chi connectivity index (χ2n) is 2.80. The number of oxime groups is 1. The number of carbonyl (C=O) groups excluding carboxylic acids is 2. The van der Waals surface area contributed by atoms with Crippen molar-refractivity contribution in [1.82, 2.24) is 9.62 Å². The maximum Gasteiger partial charge on any atom is 0.362 e. The van der Waals surface area contributed by atoms with Gasteiger partial charge >= 0.3 is 10.3 Å². The topological polar surface area (TPSA) is 125 Å². The minimum absolute atomic E-state index is 0.191. The number of β-lactam (4-membered cyclic amide) rings is 1. The van der Waals surface area contributed by atoms with Crippen molar-refractivity contribution in [2.24, 2.45) is 5.16 Å². The fourth-order valence-corrected chi connectivity index (χ4v) is 2.09. The van der Waals surface area contributed by atoms with E-state index in [1.165, 1.54) is 7.11 Å². The van der Waals surface area contributed by atoms with E-state index in [1.54, 1.807) is 0 Å². The minimum atomic E-state index is -4.67. The third-order valence-electron chi connectivity index (χ3n) is 1.91. The summed E-state index contributed by atoms with van der Waals surface area (Å²) in [5.41, 5.74) is 0. The Morgan fingerprint density at radius 3 is 2.69 bits per heavy atom. The van der Waals surface area contributed by atoms with Gasteiger partial charge in [-0.1, -0.05) is 5.16 Å². The first-order valence-corrected chi connectivity index (χ1v) is 5.40. The molecule has 0 spiro atoms. The first-order chi connectivity index (χ1) is 7.43. The van der Waals surface area contributed by atoms with Crippen LogP contribution in [-0.4, -0.2) is 55.0 Å². The Bertz CT molecular complexity index is 418. The van der Waals surface area contributed by atoms with Gasteiger partial charge in [-0.2, -0.15) is 8.42 Å². The number of rotatable bonds is 5. The molecule has 1 aliphatic rings. The molecule has 0 saturated carbocycles. The zero-order chi connectivity index (χ0) is 12.3. The second-order valence-corrected chi connectivity index (χ2v) is 4.09. The van der Waals surface area contributed by atoms with Crippen molar-refractivity contribution >= 4 is 28.8 Å². The van der Waals surface area contributed by atoms with E-state index in [0.717, 1.165) is 6.21 Å². The van der Waals surface area contributed by atoms with Crippen LogP contribution in [0.1, 0.15) is 0 Å². The van der Waals surface area contributed by atoms with E-state index in [9.17, 15) is 18.0 Å². The molecule has 9 nitrogen and oxygen atoms in total. The van der Waals surface area contributed by atoms with Gasteiger partial charge in [0.2, 0.25) is 6.41 Å². The molecule has 0 aliphatic carbocycles. The second kappa shape index (κ2) is 4.45. The van der Waals surface area contributed by atoms with Gasteiger partial charge in [-0.3, -0.25) is 14.1 Å². The van der Waals surface area contributed by atoms with E-state index in [4.69, 9.17) is 4.55 Å². The molecular weight excluding hydrogens is 242 g/mol. The average Bonchev–Trinajstić information content (AvgIpc) is 2.18. The number of carbonyl (C=O) groups is 2. The first kappa shape index (κ1) is 12.4. The molecule has 0 bridgehead atoms. The van der Waals surface area contributed by atoms with Crippen LogP contribution in [0.25, 0.3) is 0 Å². The number of nitrogens with one attached hydrogen (secondary N) is 1. The summed E-state index contributed by atoms with van der Waals surface area (Å²) in [5, 5.41) is 5.37. The number of hydrogen-bond acceptors (Lipinski definition) is 6. The van der Waals surface area contributed by atoms with E-state index < -0.39 is 28.3 Å². The van der Waals surface area contributed by atoms with Crippen LogP contribution in [0.2, 0.25) is 0 Å². The summed E-state index contributed by atoms with van der Waals surface area (Å²) in [6.07, 6.45) is 1.23. The molecule has 1 heterocycles. The Hall–Kier alpha value is -1.68. The number of nitrogens with zero attached hydrogens (tertiary/aromatic N) is 2. The summed E-state index contributed by atoms with van der Waals surface area (Å²) in [7, 11) is -3.45. The molecule has 16 heavy (non-hydrogen) atoms. The molecule has 0 aromatic carbocycles. The highest BCUT2D eigenvalue weighted by atomic mass is 32.2. The Balaban J connectivity index is 2.91. The van der Waals surface area contributed by atoms with Gasteiger partial charge in [0.25, 0.3) is 5.91 Å². The lowest BCUT2D eigenvalue weighted by molar-refractivity contribution is -0.141. The minimum Gasteiger partial charge on any atom is -0.399 e. The molecule has 0 radical (unpaired) electrons. The van der Waals surface area contributed by atoms with Gasteiger partial charge in [0.15, 0.2) is 0 Å². The van der Waals surface area contributed by atoms with Crippen LogP contribution in [-0.2, 0) is 24.7 Å². The highest BCUT2D eigenvalue weighted by molar-refractivity contribution is 7.84. The zero-order valence-electron chi connectivity index (χ0n) is 8.10. The van der Waals surface area contributed by atoms with Crippen LogP contribution < -0.4 is 5.32 Å². The SMILES string of the molecule is CON=C[C@@H]1[C@H](NC=O)C(=O)N1S(=O)(=O)O. The number of hydrogen-bond donors (Lipinski definition) is 2. The molecule has 1 saturated heterocycles. The lowest BCUT2D eigenvalue weighted by atomic mass is 10.0. The van der Waals surface area contributed by atoms with Crippen molar-refractivity contribution in [3.05, 3.63) is 0 Å². The Labute approximate surface area is 90.9 Å². The predicted octanol–water partition coefficient (Wildman–Crippen LogP) is -2.25. The maximum absolute atomic E-state index is 11.2. The van der Waals surface area contributed by atoms with Crippen LogP contribution in [0, 0.1) is 0 Å². The Morgan fingerprint density at radius 1 is 1.62 bits per heavy atom. The van der Waals surface area contributed by atoms with Gasteiger partial charge < -0.3 is 10.2 Å². The van der Waals surface area contributed by atoms with Crippen molar-refractivity contribution in [3.63, 3.8) is 0 Å². The fourth-order valence-electron chi connectivity index (χ4n) is 1.26. The normalized spacial score (nSPS) is 25.4. The summed E-state index contributed by atoms with van der Waals surface area (Å²) >= 11 is 0. The number of amides is 2. The molecule has 2 atom stereocenters. The lowest BCUT2D eigenvalue weighted by Gasteiger charge is -2.41. The van der Waals surface area contributed by atoms with Crippen LogP contribution in [0.3, 0.4) is 0 Å². The van der Waals surface area contributed by atoms with Gasteiger partial charge in [0, 0.05) is 0 Å². The summed E-state index contributed by atoms with van der Waals surface area (Å²) in [5.74, 6) is -0.942. The highest BCUT2D eigenvalue weighted by Crippen LogP contribution is 2.21. The summed E-state index contributed by atoms with van der Waals surface area (Å²) in [6, 6.07) is -2.16. The van der Waals surface area contributed by atoms with Crippen LogP contribution in [0.15, 0.2) is 5.16 Å². The molecule has 0 aromatic heterocycles. The van der Waals surface area contributed by atoms with E-state index in [2.05, 4.69) is 15.3 Å². The highest BCUT2D eigenvalue weighted by Gasteiger charge is 2.52. The van der Waals surface area contributed by atoms with Crippen LogP contribution in [0.4, 0.5) is 0 Å². The Kier molecular flexibility index (Phi) is 3.44. The standard InChI is InChI=1S/C6H9N3O6S/c1-15-8-2-4-5(7-3-10)6(11)9(4)16(12,13)14/h2-5H,1H3,(H,7,10)(H,12,13,14)/t4-,5+/m1/s1. The van der Waals surface area contributed by atoms with Crippen LogP contribution >= 0.6 is 0 Å². The molecular formula is C6H9N3O6S. The molecule has 0 unspecified atom stereocenters. The van der Waals surface area contributed by atoms with Gasteiger partial charge in [-0.15, -0.1) is 0 Å². The predicted molar refractivity (Wildman–Crippen MR) is 50.7 cm³/mol. The lowest BCUT2D eigenvalue weighted by Crippen LogP contribution is -2.71. The van der Waals surface area contributed by atoms with Crippen molar-refractivity contribution in [3.8, 4) is 0 Å². The van der Waals surface area contributed by atoms with Crippen molar-refractivity contribution in [2.45, 2.75) is 12.1 Å². The summed E-state index contributed by atoms with van der Waals surface area (Å²) < 4.78 is 30.5. The quantitative estimate of drug-likeness (QED) is 0.187. The maximum atomic E-state index is 11.2. The summed E-state index contributed by atoms with van der Waals surface area (Å²) in [6.45, 7) is 0. The van der Waals surface area contributed by atoms with Crippen molar-refractivity contribution in [2.75, 3.05) is 7.11 Å². The first-order valence-electron chi connectivity index (χ1n) is 4.00. The molecule has 2 N–H and O–H groups in total. The largest absolute Gasteiger partial charge is 0.399 e. The molecule has 1 rings (SSSR count). The monoisotopic (exact) mass is 251 g/mol. The molecule has 1 aliphatic heterocycles. The van der Waals surface area contributed by atoms with Crippen molar-refractivity contribution in [1.29, 1.82) is 0 Å². The summed E-state index contributed by atoms with van der Waals surface area (Å²) in [4.78, 5) is 25.7.